The highest BCUT2D eigenvalue weighted by Crippen LogP contribution is 2.22. The third kappa shape index (κ3) is 3.94. The van der Waals surface area contributed by atoms with Gasteiger partial charge in [-0.05, 0) is 42.2 Å². The van der Waals surface area contributed by atoms with E-state index in [1.807, 2.05) is 49.4 Å². The Bertz CT molecular complexity index is 599. The maximum absolute atomic E-state index is 12.4. The van der Waals surface area contributed by atoms with Gasteiger partial charge in [0, 0.05) is 12.3 Å². The van der Waals surface area contributed by atoms with Crippen LogP contribution in [-0.4, -0.2) is 12.9 Å². The molecule has 2 nitrogen and oxygen atoms in total. The molecule has 0 fully saturated rings. The van der Waals surface area contributed by atoms with Crippen LogP contribution in [0.3, 0.4) is 0 Å². The lowest BCUT2D eigenvalue weighted by molar-refractivity contribution is -0.120. The smallest absolute Gasteiger partial charge is 0.140 e. The van der Waals surface area contributed by atoms with Gasteiger partial charge in [0.2, 0.25) is 0 Å². The lowest BCUT2D eigenvalue weighted by Gasteiger charge is -2.13. The van der Waals surface area contributed by atoms with Crippen LogP contribution in [0.1, 0.15) is 36.0 Å². The first-order chi connectivity index (χ1) is 10.1. The summed E-state index contributed by atoms with van der Waals surface area (Å²) in [5.41, 5.74) is 3.49. The minimum atomic E-state index is -0.0375. The van der Waals surface area contributed by atoms with E-state index in [9.17, 15) is 4.79 Å². The van der Waals surface area contributed by atoms with Gasteiger partial charge in [-0.25, -0.2) is 0 Å². The van der Waals surface area contributed by atoms with Gasteiger partial charge < -0.3 is 4.74 Å². The van der Waals surface area contributed by atoms with Gasteiger partial charge in [0.25, 0.3) is 0 Å². The van der Waals surface area contributed by atoms with Crippen molar-refractivity contribution in [3.05, 3.63) is 65.2 Å². The summed E-state index contributed by atoms with van der Waals surface area (Å²) in [6.45, 7) is 4.06. The van der Waals surface area contributed by atoms with E-state index in [1.54, 1.807) is 7.11 Å². The SMILES string of the molecule is COc1ccc(CCC(=O)C(C)c2ccccc2C)cc1. The molecule has 0 saturated carbocycles. The molecule has 2 aromatic carbocycles. The molecule has 1 atom stereocenters. The molecule has 0 saturated heterocycles. The van der Waals surface area contributed by atoms with Gasteiger partial charge in [0.15, 0.2) is 0 Å². The van der Waals surface area contributed by atoms with Crippen molar-refractivity contribution in [3.63, 3.8) is 0 Å². The highest BCUT2D eigenvalue weighted by Gasteiger charge is 2.16. The van der Waals surface area contributed by atoms with Crippen molar-refractivity contribution in [2.75, 3.05) is 7.11 Å². The minimum Gasteiger partial charge on any atom is -0.497 e. The molecule has 0 aliphatic carbocycles. The Labute approximate surface area is 126 Å². The third-order valence-electron chi connectivity index (χ3n) is 3.96. The summed E-state index contributed by atoms with van der Waals surface area (Å²) < 4.78 is 5.14. The van der Waals surface area contributed by atoms with Crippen molar-refractivity contribution >= 4 is 5.78 Å². The number of carbonyl (C=O) groups is 1. The molecule has 1 unspecified atom stereocenters. The predicted octanol–water partition coefficient (Wildman–Crippen LogP) is 4.31. The van der Waals surface area contributed by atoms with Crippen molar-refractivity contribution < 1.29 is 9.53 Å². The van der Waals surface area contributed by atoms with Crippen LogP contribution in [0.15, 0.2) is 48.5 Å². The predicted molar refractivity (Wildman–Crippen MR) is 85.9 cm³/mol. The summed E-state index contributed by atoms with van der Waals surface area (Å²) in [5.74, 6) is 1.10. The van der Waals surface area contributed by atoms with Crippen LogP contribution in [-0.2, 0) is 11.2 Å². The van der Waals surface area contributed by atoms with E-state index >= 15 is 0 Å². The summed E-state index contributed by atoms with van der Waals surface area (Å²) in [5, 5.41) is 0. The number of ether oxygens (including phenoxy) is 1. The van der Waals surface area contributed by atoms with Crippen LogP contribution in [0, 0.1) is 6.92 Å². The Morgan fingerprint density at radius 2 is 1.76 bits per heavy atom. The molecule has 0 spiro atoms. The van der Waals surface area contributed by atoms with E-state index in [4.69, 9.17) is 4.74 Å². The number of ketones is 1. The lowest BCUT2D eigenvalue weighted by atomic mass is 9.90. The summed E-state index contributed by atoms with van der Waals surface area (Å²) in [7, 11) is 1.66. The molecule has 2 rings (SSSR count). The van der Waals surface area contributed by atoms with Crippen LogP contribution in [0.2, 0.25) is 0 Å². The first-order valence-electron chi connectivity index (χ1n) is 7.33. The van der Waals surface area contributed by atoms with Crippen LogP contribution < -0.4 is 4.74 Å². The standard InChI is InChI=1S/C19H22O2/c1-14-6-4-5-7-18(14)15(2)19(20)13-10-16-8-11-17(21-3)12-9-16/h4-9,11-12,15H,10,13H2,1-3H3. The van der Waals surface area contributed by atoms with Gasteiger partial charge in [-0.2, -0.15) is 0 Å². The van der Waals surface area contributed by atoms with Crippen molar-refractivity contribution in [3.8, 4) is 5.75 Å². The van der Waals surface area contributed by atoms with E-state index < -0.39 is 0 Å². The second-order valence-electron chi connectivity index (χ2n) is 5.39. The van der Waals surface area contributed by atoms with Gasteiger partial charge in [-0.1, -0.05) is 43.3 Å². The molecule has 0 aromatic heterocycles. The number of rotatable bonds is 6. The molecule has 110 valence electrons. The molecule has 0 aliphatic heterocycles. The number of Topliss-reactive ketones (excluding diaryl/α,β-unsaturated/α-hetero) is 1. The number of methoxy groups -OCH3 is 1. The number of aryl methyl sites for hydroxylation is 2. The van der Waals surface area contributed by atoms with E-state index in [0.717, 1.165) is 17.7 Å². The van der Waals surface area contributed by atoms with Crippen molar-refractivity contribution in [1.29, 1.82) is 0 Å². The lowest BCUT2D eigenvalue weighted by Crippen LogP contribution is -2.11. The summed E-state index contributed by atoms with van der Waals surface area (Å²) in [6, 6.07) is 16.0. The topological polar surface area (TPSA) is 26.3 Å². The normalized spacial score (nSPS) is 12.0. The van der Waals surface area contributed by atoms with E-state index in [0.29, 0.717) is 12.2 Å². The van der Waals surface area contributed by atoms with Crippen LogP contribution >= 0.6 is 0 Å². The quantitative estimate of drug-likeness (QED) is 0.789. The fraction of sp³-hybridized carbons (Fsp3) is 0.316. The van der Waals surface area contributed by atoms with Crippen molar-refractivity contribution in [1.82, 2.24) is 0 Å². The Morgan fingerprint density at radius 3 is 2.38 bits per heavy atom. The Hall–Kier alpha value is -2.09. The second-order valence-corrected chi connectivity index (χ2v) is 5.39. The van der Waals surface area contributed by atoms with Crippen molar-refractivity contribution in [2.45, 2.75) is 32.6 Å². The summed E-state index contributed by atoms with van der Waals surface area (Å²) in [4.78, 5) is 12.4. The second kappa shape index (κ2) is 7.07. The molecule has 21 heavy (non-hydrogen) atoms. The maximum atomic E-state index is 12.4. The van der Waals surface area contributed by atoms with E-state index in [1.165, 1.54) is 11.1 Å². The largest absolute Gasteiger partial charge is 0.497 e. The zero-order valence-corrected chi connectivity index (χ0v) is 12.9. The van der Waals surface area contributed by atoms with E-state index in [2.05, 4.69) is 13.0 Å². The van der Waals surface area contributed by atoms with Crippen LogP contribution in [0.25, 0.3) is 0 Å². The average Bonchev–Trinajstić information content (AvgIpc) is 2.53. The molecular formula is C19H22O2. The number of hydrogen-bond donors (Lipinski definition) is 0. The van der Waals surface area contributed by atoms with Gasteiger partial charge in [-0.15, -0.1) is 0 Å². The fourth-order valence-electron chi connectivity index (χ4n) is 2.52. The third-order valence-corrected chi connectivity index (χ3v) is 3.96. The zero-order valence-electron chi connectivity index (χ0n) is 12.9. The molecule has 0 N–H and O–H groups in total. The molecule has 2 aromatic rings. The fourth-order valence-corrected chi connectivity index (χ4v) is 2.52. The zero-order chi connectivity index (χ0) is 15.2. The molecule has 0 heterocycles. The molecule has 0 amide bonds. The number of hydrogen-bond acceptors (Lipinski definition) is 2. The van der Waals surface area contributed by atoms with Gasteiger partial charge in [0.1, 0.15) is 11.5 Å². The van der Waals surface area contributed by atoms with Gasteiger partial charge in [-0.3, -0.25) is 4.79 Å². The summed E-state index contributed by atoms with van der Waals surface area (Å²) in [6.07, 6.45) is 1.35. The Kier molecular flexibility index (Phi) is 5.15. The number of carbonyl (C=O) groups excluding carboxylic acids is 1. The molecular weight excluding hydrogens is 260 g/mol. The van der Waals surface area contributed by atoms with Crippen LogP contribution in [0.4, 0.5) is 0 Å². The van der Waals surface area contributed by atoms with Gasteiger partial charge >= 0.3 is 0 Å². The molecule has 0 bridgehead atoms. The first kappa shape index (κ1) is 15.3. The average molecular weight is 282 g/mol. The monoisotopic (exact) mass is 282 g/mol. The molecule has 2 heteroatoms. The first-order valence-corrected chi connectivity index (χ1v) is 7.33. The maximum Gasteiger partial charge on any atom is 0.140 e. The summed E-state index contributed by atoms with van der Waals surface area (Å²) >= 11 is 0. The highest BCUT2D eigenvalue weighted by molar-refractivity contribution is 5.85. The molecule has 0 radical (unpaired) electrons. The minimum absolute atomic E-state index is 0.0375. The number of benzene rings is 2. The Balaban J connectivity index is 1.96. The van der Waals surface area contributed by atoms with Crippen LogP contribution in [0.5, 0.6) is 5.75 Å². The molecule has 0 aliphatic rings. The van der Waals surface area contributed by atoms with Crippen molar-refractivity contribution in [2.24, 2.45) is 0 Å². The van der Waals surface area contributed by atoms with Gasteiger partial charge in [0.05, 0.1) is 7.11 Å². The highest BCUT2D eigenvalue weighted by atomic mass is 16.5. The Morgan fingerprint density at radius 1 is 1.10 bits per heavy atom. The van der Waals surface area contributed by atoms with E-state index in [-0.39, 0.29) is 5.92 Å².